The predicted octanol–water partition coefficient (Wildman–Crippen LogP) is 1.85. The number of likely N-dealkylation sites (tertiary alicyclic amines) is 1. The molecular formula is C17H21FN2O2. The first-order valence-corrected chi connectivity index (χ1v) is 7.86. The number of halogens is 1. The minimum absolute atomic E-state index is 0.0356. The molecule has 0 aliphatic carbocycles. The summed E-state index contributed by atoms with van der Waals surface area (Å²) < 4.78 is 13.2. The monoisotopic (exact) mass is 304 g/mol. The number of Topliss-reactive ketones (excluding diaryl/α,β-unsaturated/α-hetero) is 1. The van der Waals surface area contributed by atoms with Crippen LogP contribution in [0.2, 0.25) is 0 Å². The molecule has 1 unspecified atom stereocenters. The van der Waals surface area contributed by atoms with E-state index in [0.717, 1.165) is 26.1 Å². The largest absolute Gasteiger partial charge is 0.338 e. The predicted molar refractivity (Wildman–Crippen MR) is 81.0 cm³/mol. The average Bonchev–Trinajstić information content (AvgIpc) is 3.08. The van der Waals surface area contributed by atoms with E-state index in [1.165, 1.54) is 18.2 Å². The summed E-state index contributed by atoms with van der Waals surface area (Å²) in [5.41, 5.74) is 0.335. The second-order valence-electron chi connectivity index (χ2n) is 6.34. The topological polar surface area (TPSA) is 49.4 Å². The van der Waals surface area contributed by atoms with Crippen molar-refractivity contribution < 1.29 is 14.0 Å². The minimum atomic E-state index is -0.428. The van der Waals surface area contributed by atoms with Crippen LogP contribution in [0.3, 0.4) is 0 Å². The third kappa shape index (κ3) is 2.90. The van der Waals surface area contributed by atoms with Crippen LogP contribution in [0.15, 0.2) is 24.3 Å². The molecule has 1 N–H and O–H groups in total. The molecule has 0 spiro atoms. The molecule has 3 rings (SSSR count). The van der Waals surface area contributed by atoms with Crippen LogP contribution in [-0.2, 0) is 4.79 Å². The van der Waals surface area contributed by atoms with Crippen LogP contribution >= 0.6 is 0 Å². The lowest BCUT2D eigenvalue weighted by Crippen LogP contribution is -2.40. The zero-order valence-corrected chi connectivity index (χ0v) is 12.7. The number of rotatable bonds is 4. The van der Waals surface area contributed by atoms with E-state index in [2.05, 4.69) is 5.32 Å². The highest BCUT2D eigenvalue weighted by molar-refractivity contribution is 5.99. The number of hydrogen-bond donors (Lipinski definition) is 1. The van der Waals surface area contributed by atoms with Crippen molar-refractivity contribution in [2.75, 3.05) is 19.6 Å². The van der Waals surface area contributed by atoms with E-state index in [0.29, 0.717) is 11.5 Å². The SMILES string of the molecule is CC(CC(=O)N1CC[C@@H]2CNC[C@@H]21)C(=O)c1cccc(F)c1. The van der Waals surface area contributed by atoms with Gasteiger partial charge in [-0.1, -0.05) is 19.1 Å². The van der Waals surface area contributed by atoms with Gasteiger partial charge in [-0.2, -0.15) is 0 Å². The summed E-state index contributed by atoms with van der Waals surface area (Å²) in [4.78, 5) is 26.7. The van der Waals surface area contributed by atoms with Gasteiger partial charge in [-0.05, 0) is 24.5 Å². The van der Waals surface area contributed by atoms with Crippen LogP contribution in [-0.4, -0.2) is 42.3 Å². The van der Waals surface area contributed by atoms with E-state index in [1.54, 1.807) is 13.0 Å². The van der Waals surface area contributed by atoms with Gasteiger partial charge < -0.3 is 10.2 Å². The molecule has 2 fully saturated rings. The lowest BCUT2D eigenvalue weighted by atomic mass is 9.95. The number of nitrogens with one attached hydrogen (secondary N) is 1. The molecule has 0 saturated carbocycles. The maximum atomic E-state index is 13.2. The number of carbonyl (C=O) groups is 2. The van der Waals surface area contributed by atoms with Gasteiger partial charge in [-0.25, -0.2) is 4.39 Å². The van der Waals surface area contributed by atoms with Crippen molar-refractivity contribution in [2.45, 2.75) is 25.8 Å². The third-order valence-corrected chi connectivity index (χ3v) is 4.80. The van der Waals surface area contributed by atoms with Crippen LogP contribution in [0.25, 0.3) is 0 Å². The highest BCUT2D eigenvalue weighted by atomic mass is 19.1. The average molecular weight is 304 g/mol. The van der Waals surface area contributed by atoms with Gasteiger partial charge in [0.15, 0.2) is 5.78 Å². The summed E-state index contributed by atoms with van der Waals surface area (Å²) in [6.45, 7) is 4.36. The van der Waals surface area contributed by atoms with Crippen molar-refractivity contribution in [3.8, 4) is 0 Å². The summed E-state index contributed by atoms with van der Waals surface area (Å²) in [7, 11) is 0. The lowest BCUT2D eigenvalue weighted by molar-refractivity contribution is -0.132. The second-order valence-corrected chi connectivity index (χ2v) is 6.34. The molecule has 1 aromatic rings. The van der Waals surface area contributed by atoms with Crippen LogP contribution in [0, 0.1) is 17.7 Å². The summed E-state index contributed by atoms with van der Waals surface area (Å²) in [6.07, 6.45) is 1.23. The Kier molecular flexibility index (Phi) is 4.25. The number of nitrogens with zero attached hydrogens (tertiary/aromatic N) is 1. The molecular weight excluding hydrogens is 283 g/mol. The van der Waals surface area contributed by atoms with E-state index >= 15 is 0 Å². The number of fused-ring (bicyclic) bond motifs is 1. The van der Waals surface area contributed by atoms with E-state index < -0.39 is 11.7 Å². The number of carbonyl (C=O) groups excluding carboxylic acids is 2. The smallest absolute Gasteiger partial charge is 0.223 e. The Morgan fingerprint density at radius 1 is 1.41 bits per heavy atom. The highest BCUT2D eigenvalue weighted by Gasteiger charge is 2.40. The van der Waals surface area contributed by atoms with Crippen molar-refractivity contribution in [1.82, 2.24) is 10.2 Å². The number of amides is 1. The molecule has 22 heavy (non-hydrogen) atoms. The third-order valence-electron chi connectivity index (χ3n) is 4.80. The summed E-state index contributed by atoms with van der Waals surface area (Å²) in [6, 6.07) is 5.94. The highest BCUT2D eigenvalue weighted by Crippen LogP contribution is 2.28. The Morgan fingerprint density at radius 2 is 2.23 bits per heavy atom. The lowest BCUT2D eigenvalue weighted by Gasteiger charge is -2.24. The van der Waals surface area contributed by atoms with Crippen molar-refractivity contribution in [3.63, 3.8) is 0 Å². The number of hydrogen-bond acceptors (Lipinski definition) is 3. The Bertz CT molecular complexity index is 590. The molecule has 1 aromatic carbocycles. The molecule has 0 aromatic heterocycles. The Hall–Kier alpha value is -1.75. The van der Waals surface area contributed by atoms with Gasteiger partial charge in [0.1, 0.15) is 5.82 Å². The van der Waals surface area contributed by atoms with Crippen molar-refractivity contribution in [3.05, 3.63) is 35.6 Å². The first-order chi connectivity index (χ1) is 10.6. The fourth-order valence-corrected chi connectivity index (χ4v) is 3.56. The quantitative estimate of drug-likeness (QED) is 0.864. The van der Waals surface area contributed by atoms with Gasteiger partial charge in [0.2, 0.25) is 5.91 Å². The van der Waals surface area contributed by atoms with Gasteiger partial charge in [-0.15, -0.1) is 0 Å². The van der Waals surface area contributed by atoms with E-state index in [4.69, 9.17) is 0 Å². The second kappa shape index (κ2) is 6.16. The zero-order chi connectivity index (χ0) is 15.7. The summed E-state index contributed by atoms with van der Waals surface area (Å²) >= 11 is 0. The van der Waals surface area contributed by atoms with Crippen LogP contribution in [0.1, 0.15) is 30.1 Å². The van der Waals surface area contributed by atoms with Gasteiger partial charge >= 0.3 is 0 Å². The summed E-state index contributed by atoms with van der Waals surface area (Å²) in [5.74, 6) is -0.439. The fraction of sp³-hybridized carbons (Fsp3) is 0.529. The first kappa shape index (κ1) is 15.2. The van der Waals surface area contributed by atoms with Gasteiger partial charge in [0, 0.05) is 43.6 Å². The molecule has 2 saturated heterocycles. The molecule has 0 bridgehead atoms. The maximum absolute atomic E-state index is 13.2. The molecule has 2 aliphatic heterocycles. The molecule has 2 heterocycles. The van der Waals surface area contributed by atoms with E-state index in [1.807, 2.05) is 4.90 Å². The fourth-order valence-electron chi connectivity index (χ4n) is 3.56. The zero-order valence-electron chi connectivity index (χ0n) is 12.7. The van der Waals surface area contributed by atoms with Gasteiger partial charge in [0.05, 0.1) is 0 Å². The number of ketones is 1. The Labute approximate surface area is 129 Å². The normalized spacial score (nSPS) is 25.1. The first-order valence-electron chi connectivity index (χ1n) is 7.86. The Balaban J connectivity index is 1.62. The van der Waals surface area contributed by atoms with Gasteiger partial charge in [-0.3, -0.25) is 9.59 Å². The minimum Gasteiger partial charge on any atom is -0.338 e. The molecule has 3 atom stereocenters. The van der Waals surface area contributed by atoms with Crippen LogP contribution < -0.4 is 5.32 Å². The van der Waals surface area contributed by atoms with Crippen molar-refractivity contribution in [2.24, 2.45) is 11.8 Å². The molecule has 2 aliphatic rings. The van der Waals surface area contributed by atoms with E-state index in [-0.39, 0.29) is 24.2 Å². The van der Waals surface area contributed by atoms with Gasteiger partial charge in [0.25, 0.3) is 0 Å². The van der Waals surface area contributed by atoms with Crippen molar-refractivity contribution >= 4 is 11.7 Å². The molecule has 0 radical (unpaired) electrons. The Morgan fingerprint density at radius 3 is 3.00 bits per heavy atom. The van der Waals surface area contributed by atoms with E-state index in [9.17, 15) is 14.0 Å². The molecule has 1 amide bonds. The number of benzene rings is 1. The van der Waals surface area contributed by atoms with Crippen LogP contribution in [0.5, 0.6) is 0 Å². The molecule has 118 valence electrons. The maximum Gasteiger partial charge on any atom is 0.223 e. The molecule has 5 heteroatoms. The van der Waals surface area contributed by atoms with Crippen molar-refractivity contribution in [1.29, 1.82) is 0 Å². The summed E-state index contributed by atoms with van der Waals surface area (Å²) in [5, 5.41) is 3.31. The van der Waals surface area contributed by atoms with Crippen LogP contribution in [0.4, 0.5) is 4.39 Å². The standard InChI is InChI=1S/C17H21FN2O2/c1-11(17(22)12-3-2-4-14(18)8-12)7-16(21)20-6-5-13-9-19-10-15(13)20/h2-4,8,11,13,15,19H,5-7,9-10H2,1H3/t11?,13-,15+/m1/s1. The molecule has 4 nitrogen and oxygen atoms in total.